The molecule has 0 spiro atoms. The minimum absolute atomic E-state index is 0.775. The first-order valence-corrected chi connectivity index (χ1v) is 6.36. The molecular formula is C13H28O. The Bertz CT molecular complexity index is 89.8. The van der Waals surface area contributed by atoms with Gasteiger partial charge in [0.15, 0.2) is 0 Å². The summed E-state index contributed by atoms with van der Waals surface area (Å²) in [5, 5.41) is 0. The van der Waals surface area contributed by atoms with Gasteiger partial charge in [0.2, 0.25) is 0 Å². The molecule has 0 amide bonds. The van der Waals surface area contributed by atoms with Gasteiger partial charge in [0, 0.05) is 13.2 Å². The average molecular weight is 200 g/mol. The Morgan fingerprint density at radius 3 is 1.71 bits per heavy atom. The third kappa shape index (κ3) is 6.42. The highest BCUT2D eigenvalue weighted by Crippen LogP contribution is 2.13. The van der Waals surface area contributed by atoms with Crippen LogP contribution >= 0.6 is 0 Å². The molecule has 86 valence electrons. The number of hydrogen-bond acceptors (Lipinski definition) is 1. The van der Waals surface area contributed by atoms with Gasteiger partial charge in [-0.15, -0.1) is 0 Å². The molecule has 1 nitrogen and oxygen atoms in total. The Kier molecular flexibility index (Phi) is 9.49. The predicted molar refractivity (Wildman–Crippen MR) is 63.6 cm³/mol. The van der Waals surface area contributed by atoms with Crippen molar-refractivity contribution >= 4 is 0 Å². The summed E-state index contributed by atoms with van der Waals surface area (Å²) in [6.07, 6.45) is 6.34. The van der Waals surface area contributed by atoms with E-state index < -0.39 is 0 Å². The molecule has 0 aliphatic rings. The summed E-state index contributed by atoms with van der Waals surface area (Å²) in [5.41, 5.74) is 0. The van der Waals surface area contributed by atoms with Crippen LogP contribution in [0.4, 0.5) is 0 Å². The topological polar surface area (TPSA) is 9.23 Å². The van der Waals surface area contributed by atoms with Crippen molar-refractivity contribution in [1.82, 2.24) is 0 Å². The highest BCUT2D eigenvalue weighted by atomic mass is 16.5. The zero-order valence-corrected chi connectivity index (χ0v) is 10.5. The molecule has 0 N–H and O–H groups in total. The molecule has 0 saturated carbocycles. The molecule has 0 radical (unpaired) electrons. The van der Waals surface area contributed by atoms with E-state index in [-0.39, 0.29) is 0 Å². The maximum absolute atomic E-state index is 5.71. The van der Waals surface area contributed by atoms with Gasteiger partial charge in [-0.25, -0.2) is 0 Å². The van der Waals surface area contributed by atoms with Gasteiger partial charge in [0.05, 0.1) is 0 Å². The van der Waals surface area contributed by atoms with Crippen LogP contribution in [-0.2, 0) is 4.74 Å². The van der Waals surface area contributed by atoms with Crippen LogP contribution in [0.25, 0.3) is 0 Å². The van der Waals surface area contributed by atoms with Crippen molar-refractivity contribution in [2.45, 2.75) is 59.8 Å². The van der Waals surface area contributed by atoms with Gasteiger partial charge in [-0.1, -0.05) is 53.4 Å². The van der Waals surface area contributed by atoms with Gasteiger partial charge >= 0.3 is 0 Å². The van der Waals surface area contributed by atoms with E-state index in [1.807, 2.05) is 0 Å². The van der Waals surface area contributed by atoms with Crippen molar-refractivity contribution in [1.29, 1.82) is 0 Å². The van der Waals surface area contributed by atoms with Crippen molar-refractivity contribution in [2.24, 2.45) is 11.8 Å². The van der Waals surface area contributed by atoms with Gasteiger partial charge in [-0.2, -0.15) is 0 Å². The Morgan fingerprint density at radius 2 is 1.29 bits per heavy atom. The maximum Gasteiger partial charge on any atom is 0.0494 e. The molecule has 0 saturated heterocycles. The van der Waals surface area contributed by atoms with E-state index in [1.54, 1.807) is 0 Å². The van der Waals surface area contributed by atoms with Crippen molar-refractivity contribution in [2.75, 3.05) is 13.2 Å². The summed E-state index contributed by atoms with van der Waals surface area (Å²) in [6.45, 7) is 11.0. The number of hydrogen-bond donors (Lipinski definition) is 0. The van der Waals surface area contributed by atoms with Gasteiger partial charge in [-0.3, -0.25) is 0 Å². The molecule has 0 aliphatic carbocycles. The molecule has 1 heteroatoms. The third-order valence-electron chi connectivity index (χ3n) is 3.33. The van der Waals surface area contributed by atoms with Crippen LogP contribution in [0.3, 0.4) is 0 Å². The highest BCUT2D eigenvalue weighted by Gasteiger charge is 2.05. The molecule has 0 aromatic carbocycles. The lowest BCUT2D eigenvalue weighted by atomic mass is 10.0. The number of rotatable bonds is 9. The van der Waals surface area contributed by atoms with Crippen LogP contribution in [0.2, 0.25) is 0 Å². The summed E-state index contributed by atoms with van der Waals surface area (Å²) in [6, 6.07) is 0. The minimum atomic E-state index is 0.775. The van der Waals surface area contributed by atoms with Gasteiger partial charge in [0.1, 0.15) is 0 Å². The van der Waals surface area contributed by atoms with E-state index in [0.717, 1.165) is 25.0 Å². The Labute approximate surface area is 90.2 Å². The highest BCUT2D eigenvalue weighted by molar-refractivity contribution is 4.55. The second-order valence-electron chi connectivity index (χ2n) is 4.23. The van der Waals surface area contributed by atoms with E-state index in [0.29, 0.717) is 0 Å². The molecule has 0 aromatic rings. The Hall–Kier alpha value is -0.0400. The minimum Gasteiger partial charge on any atom is -0.381 e. The Balaban J connectivity index is 3.35. The van der Waals surface area contributed by atoms with E-state index in [2.05, 4.69) is 27.7 Å². The molecule has 14 heavy (non-hydrogen) atoms. The van der Waals surface area contributed by atoms with Crippen LogP contribution in [0.5, 0.6) is 0 Å². The van der Waals surface area contributed by atoms with Gasteiger partial charge in [-0.05, 0) is 18.3 Å². The molecule has 0 heterocycles. The van der Waals surface area contributed by atoms with E-state index in [4.69, 9.17) is 4.74 Å². The first-order chi connectivity index (χ1) is 6.78. The number of ether oxygens (including phenoxy) is 1. The van der Waals surface area contributed by atoms with Crippen molar-refractivity contribution in [3.8, 4) is 0 Å². The average Bonchev–Trinajstić information content (AvgIpc) is 2.24. The second kappa shape index (κ2) is 9.51. The van der Waals surface area contributed by atoms with Gasteiger partial charge < -0.3 is 4.74 Å². The molecule has 0 aromatic heterocycles. The fraction of sp³-hybridized carbons (Fsp3) is 1.00. The van der Waals surface area contributed by atoms with Crippen LogP contribution in [0.1, 0.15) is 59.8 Å². The fourth-order valence-corrected chi connectivity index (χ4v) is 1.72. The molecule has 0 bridgehead atoms. The third-order valence-corrected chi connectivity index (χ3v) is 3.33. The van der Waals surface area contributed by atoms with Crippen LogP contribution in [0.15, 0.2) is 0 Å². The first-order valence-electron chi connectivity index (χ1n) is 6.36. The molecule has 0 rings (SSSR count). The standard InChI is InChI=1S/C13H28O/c1-5-12(6-2)9-10-14-11-13(7-3)8-4/h12-13H,5-11H2,1-4H3. The predicted octanol–water partition coefficient (Wildman–Crippen LogP) is 4.27. The van der Waals surface area contributed by atoms with Crippen LogP contribution < -0.4 is 0 Å². The molecule has 0 unspecified atom stereocenters. The van der Waals surface area contributed by atoms with E-state index in [1.165, 1.54) is 32.1 Å². The van der Waals surface area contributed by atoms with Crippen molar-refractivity contribution in [3.63, 3.8) is 0 Å². The zero-order valence-electron chi connectivity index (χ0n) is 10.5. The van der Waals surface area contributed by atoms with Crippen molar-refractivity contribution in [3.05, 3.63) is 0 Å². The SMILES string of the molecule is CCC(CC)CCOCC(CC)CC. The quantitative estimate of drug-likeness (QED) is 0.505. The van der Waals surface area contributed by atoms with Crippen LogP contribution in [-0.4, -0.2) is 13.2 Å². The zero-order chi connectivity index (χ0) is 10.8. The lowest BCUT2D eigenvalue weighted by Gasteiger charge is -2.15. The van der Waals surface area contributed by atoms with E-state index >= 15 is 0 Å². The Morgan fingerprint density at radius 1 is 0.786 bits per heavy atom. The van der Waals surface area contributed by atoms with E-state index in [9.17, 15) is 0 Å². The first kappa shape index (κ1) is 14.0. The summed E-state index contributed by atoms with van der Waals surface area (Å²) in [7, 11) is 0. The summed E-state index contributed by atoms with van der Waals surface area (Å²) in [5.74, 6) is 1.65. The summed E-state index contributed by atoms with van der Waals surface area (Å²) >= 11 is 0. The normalized spacial score (nSPS) is 11.6. The lowest BCUT2D eigenvalue weighted by molar-refractivity contribution is 0.0850. The molecule has 0 aliphatic heterocycles. The lowest BCUT2D eigenvalue weighted by Crippen LogP contribution is -2.10. The molecular weight excluding hydrogens is 172 g/mol. The summed E-state index contributed by atoms with van der Waals surface area (Å²) < 4.78 is 5.71. The molecule has 0 fully saturated rings. The smallest absolute Gasteiger partial charge is 0.0494 e. The monoisotopic (exact) mass is 200 g/mol. The fourth-order valence-electron chi connectivity index (χ4n) is 1.72. The largest absolute Gasteiger partial charge is 0.381 e. The summed E-state index contributed by atoms with van der Waals surface area (Å²) in [4.78, 5) is 0. The van der Waals surface area contributed by atoms with Crippen LogP contribution in [0, 0.1) is 11.8 Å². The maximum atomic E-state index is 5.71. The second-order valence-corrected chi connectivity index (χ2v) is 4.23. The molecule has 0 atom stereocenters. The van der Waals surface area contributed by atoms with Gasteiger partial charge in [0.25, 0.3) is 0 Å². The van der Waals surface area contributed by atoms with Crippen molar-refractivity contribution < 1.29 is 4.74 Å².